The molecule has 12 heteroatoms. The molecule has 3 aromatic rings. The van der Waals surface area contributed by atoms with Crippen LogP contribution in [-0.2, 0) is 11.3 Å². The largest absolute Gasteiger partial charge is 0.497 e. The predicted octanol–water partition coefficient (Wildman–Crippen LogP) is 3.25. The van der Waals surface area contributed by atoms with Gasteiger partial charge in [0.1, 0.15) is 16.7 Å². The lowest BCUT2D eigenvalue weighted by atomic mass is 9.98. The Morgan fingerprint density at radius 3 is 2.46 bits per heavy atom. The first-order valence-electron chi connectivity index (χ1n) is 12.2. The summed E-state index contributed by atoms with van der Waals surface area (Å²) in [4.78, 5) is 41.3. The summed E-state index contributed by atoms with van der Waals surface area (Å²) in [5, 5.41) is 3.06. The molecule has 2 heterocycles. The molecular weight excluding hydrogens is 522 g/mol. The molecule has 1 aliphatic heterocycles. The molecule has 1 aliphatic rings. The maximum Gasteiger partial charge on any atom is 0.270 e. The van der Waals surface area contributed by atoms with Gasteiger partial charge in [-0.3, -0.25) is 14.4 Å². The van der Waals surface area contributed by atoms with Crippen molar-refractivity contribution in [1.82, 2.24) is 14.6 Å². The fourth-order valence-corrected chi connectivity index (χ4v) is 4.79. The number of benzene rings is 2. The fraction of sp³-hybridized carbons (Fsp3) is 0.333. The van der Waals surface area contributed by atoms with E-state index in [0.29, 0.717) is 34.8 Å². The van der Waals surface area contributed by atoms with Crippen molar-refractivity contribution in [2.75, 3.05) is 19.6 Å². The zero-order valence-corrected chi connectivity index (χ0v) is 23.0. The van der Waals surface area contributed by atoms with E-state index in [0.717, 1.165) is 11.5 Å². The van der Waals surface area contributed by atoms with Crippen LogP contribution in [-0.4, -0.2) is 46.4 Å². The highest BCUT2D eigenvalue weighted by Crippen LogP contribution is 2.35. The van der Waals surface area contributed by atoms with Gasteiger partial charge in [-0.25, -0.2) is 0 Å². The van der Waals surface area contributed by atoms with E-state index in [2.05, 4.69) is 9.69 Å². The van der Waals surface area contributed by atoms with Gasteiger partial charge < -0.3 is 35.9 Å². The number of anilines is 1. The second-order valence-corrected chi connectivity index (χ2v) is 10.4. The third-order valence-corrected chi connectivity index (χ3v) is 7.39. The minimum absolute atomic E-state index is 0.00519. The molecule has 1 atom stereocenters. The summed E-state index contributed by atoms with van der Waals surface area (Å²) in [6.45, 7) is 5.87. The molecule has 3 amide bonds. The normalized spacial score (nSPS) is 13.0. The average Bonchev–Trinajstić information content (AvgIpc) is 3.54. The van der Waals surface area contributed by atoms with Crippen LogP contribution in [0.4, 0.5) is 5.69 Å². The number of rotatable bonds is 10. The number of fused-ring (bicyclic) bond motifs is 1. The number of hydrogen-bond acceptors (Lipinski definition) is 9. The number of nitrogens with two attached hydrogens (primary N) is 2. The van der Waals surface area contributed by atoms with E-state index in [4.69, 9.17) is 25.7 Å². The Kier molecular flexibility index (Phi) is 7.95. The smallest absolute Gasteiger partial charge is 0.270 e. The highest BCUT2D eigenvalue weighted by molar-refractivity contribution is 7.09. The molecule has 0 saturated heterocycles. The van der Waals surface area contributed by atoms with Gasteiger partial charge in [-0.1, -0.05) is 25.1 Å². The van der Waals surface area contributed by atoms with Crippen LogP contribution in [0.25, 0.3) is 0 Å². The minimum Gasteiger partial charge on any atom is -0.497 e. The highest BCUT2D eigenvalue weighted by atomic mass is 32.1. The van der Waals surface area contributed by atoms with Crippen LogP contribution >= 0.6 is 11.5 Å². The van der Waals surface area contributed by atoms with Crippen molar-refractivity contribution >= 4 is 34.9 Å². The lowest BCUT2D eigenvalue weighted by Gasteiger charge is -2.34. The Labute approximate surface area is 230 Å². The molecule has 0 radical (unpaired) electrons. The highest BCUT2D eigenvalue weighted by Gasteiger charge is 2.37. The van der Waals surface area contributed by atoms with E-state index in [1.807, 2.05) is 20.8 Å². The second-order valence-electron chi connectivity index (χ2n) is 9.66. The van der Waals surface area contributed by atoms with Gasteiger partial charge in [-0.2, -0.15) is 4.37 Å². The van der Waals surface area contributed by atoms with Gasteiger partial charge >= 0.3 is 0 Å². The lowest BCUT2D eigenvalue weighted by molar-refractivity contribution is -0.127. The summed E-state index contributed by atoms with van der Waals surface area (Å²) in [6, 6.07) is 11.1. The van der Waals surface area contributed by atoms with Gasteiger partial charge in [0.05, 0.1) is 12.8 Å². The Morgan fingerprint density at radius 2 is 1.85 bits per heavy atom. The number of primary amides is 1. The van der Waals surface area contributed by atoms with Crippen LogP contribution in [0.2, 0.25) is 0 Å². The van der Waals surface area contributed by atoms with Crippen molar-refractivity contribution in [2.45, 2.75) is 45.3 Å². The first kappa shape index (κ1) is 27.7. The average molecular weight is 554 g/mol. The number of amides is 3. The molecule has 0 aliphatic carbocycles. The van der Waals surface area contributed by atoms with E-state index >= 15 is 0 Å². The predicted molar refractivity (Wildman–Crippen MR) is 146 cm³/mol. The van der Waals surface area contributed by atoms with Gasteiger partial charge in [-0.05, 0) is 67.2 Å². The maximum absolute atomic E-state index is 14.1. The van der Waals surface area contributed by atoms with Crippen LogP contribution in [0.15, 0.2) is 42.5 Å². The van der Waals surface area contributed by atoms with Crippen LogP contribution in [0, 0.1) is 0 Å². The summed E-state index contributed by atoms with van der Waals surface area (Å²) in [5.74, 6) is -0.105. The van der Waals surface area contributed by atoms with Gasteiger partial charge in [0, 0.05) is 12.1 Å². The summed E-state index contributed by atoms with van der Waals surface area (Å²) in [6.07, 6.45) is 0.661. The molecule has 206 valence electrons. The van der Waals surface area contributed by atoms with Crippen molar-refractivity contribution in [3.05, 3.63) is 64.2 Å². The molecule has 1 aromatic heterocycles. The standard InChI is InChI=1S/C27H31N5O6S/c1-5-27(2,3)30-25(34)22(16-7-9-17(36-4)10-8-16)32(13-15-6-11-18-19(12-15)38-14-37-18)26(35)23-20(28)21(24(29)33)31-39-23/h6-12,22H,5,13-14,28H2,1-4H3,(H2,29,33)(H,30,34). The Morgan fingerprint density at radius 1 is 1.15 bits per heavy atom. The first-order valence-corrected chi connectivity index (χ1v) is 13.0. The topological polar surface area (TPSA) is 159 Å². The minimum atomic E-state index is -1.07. The molecule has 0 bridgehead atoms. The number of nitrogens with zero attached hydrogens (tertiary/aromatic N) is 2. The molecule has 39 heavy (non-hydrogen) atoms. The fourth-order valence-electron chi connectivity index (χ4n) is 4.03. The van der Waals surface area contributed by atoms with Crippen molar-refractivity contribution in [2.24, 2.45) is 5.73 Å². The van der Waals surface area contributed by atoms with Crippen molar-refractivity contribution in [1.29, 1.82) is 0 Å². The number of methoxy groups -OCH3 is 1. The number of ether oxygens (including phenoxy) is 3. The number of nitrogens with one attached hydrogen (secondary N) is 1. The number of aromatic nitrogens is 1. The molecule has 0 saturated carbocycles. The Balaban J connectivity index is 1.83. The van der Waals surface area contributed by atoms with Gasteiger partial charge in [0.15, 0.2) is 17.2 Å². The zero-order chi connectivity index (χ0) is 28.3. The number of nitrogen functional groups attached to an aromatic ring is 1. The van der Waals surface area contributed by atoms with Crippen LogP contribution < -0.4 is 31.0 Å². The second kappa shape index (κ2) is 11.2. The van der Waals surface area contributed by atoms with Crippen LogP contribution in [0.5, 0.6) is 17.2 Å². The Bertz CT molecular complexity index is 1390. The summed E-state index contributed by atoms with van der Waals surface area (Å²) >= 11 is 0.756. The molecule has 1 unspecified atom stereocenters. The summed E-state index contributed by atoms with van der Waals surface area (Å²) < 4.78 is 20.2. The molecule has 0 fully saturated rings. The van der Waals surface area contributed by atoms with E-state index in [9.17, 15) is 14.4 Å². The van der Waals surface area contributed by atoms with E-state index in [-0.39, 0.29) is 35.5 Å². The van der Waals surface area contributed by atoms with Gasteiger partial charge in [0.25, 0.3) is 11.8 Å². The zero-order valence-electron chi connectivity index (χ0n) is 22.1. The number of carbonyl (C=O) groups excluding carboxylic acids is 3. The lowest BCUT2D eigenvalue weighted by Crippen LogP contribution is -2.50. The molecule has 2 aromatic carbocycles. The number of hydrogen-bond donors (Lipinski definition) is 3. The molecule has 5 N–H and O–H groups in total. The van der Waals surface area contributed by atoms with E-state index in [1.54, 1.807) is 49.6 Å². The maximum atomic E-state index is 14.1. The monoisotopic (exact) mass is 553 g/mol. The molecule has 11 nitrogen and oxygen atoms in total. The van der Waals surface area contributed by atoms with Crippen molar-refractivity contribution in [3.8, 4) is 17.2 Å². The molecule has 4 rings (SSSR count). The van der Waals surface area contributed by atoms with Gasteiger partial charge in [0.2, 0.25) is 12.7 Å². The molecule has 0 spiro atoms. The third-order valence-electron chi connectivity index (χ3n) is 6.54. The first-order chi connectivity index (χ1) is 18.5. The summed E-state index contributed by atoms with van der Waals surface area (Å²) in [7, 11) is 1.54. The van der Waals surface area contributed by atoms with Crippen LogP contribution in [0.3, 0.4) is 0 Å². The van der Waals surface area contributed by atoms with E-state index < -0.39 is 23.4 Å². The quantitative estimate of drug-likeness (QED) is 0.345. The Hall–Kier alpha value is -4.32. The van der Waals surface area contributed by atoms with E-state index in [1.165, 1.54) is 4.90 Å². The molecular formula is C27H31N5O6S. The summed E-state index contributed by atoms with van der Waals surface area (Å²) in [5.41, 5.74) is 11.9. The van der Waals surface area contributed by atoms with Gasteiger partial charge in [-0.15, -0.1) is 0 Å². The number of carbonyl (C=O) groups is 3. The van der Waals surface area contributed by atoms with Crippen molar-refractivity contribution < 1.29 is 28.6 Å². The van der Waals surface area contributed by atoms with Crippen LogP contribution in [0.1, 0.15) is 64.5 Å². The SMILES string of the molecule is CCC(C)(C)NC(=O)C(c1ccc(OC)cc1)N(Cc1ccc2c(c1)OCO2)C(=O)c1snc(C(N)=O)c1N. The van der Waals surface area contributed by atoms with Crippen molar-refractivity contribution in [3.63, 3.8) is 0 Å². The third kappa shape index (κ3) is 5.90.